The second-order valence-corrected chi connectivity index (χ2v) is 13.4. The van der Waals surface area contributed by atoms with E-state index in [-0.39, 0.29) is 52.4 Å². The highest BCUT2D eigenvalue weighted by Crippen LogP contribution is 2.31. The molecule has 1 saturated heterocycles. The van der Waals surface area contributed by atoms with Crippen LogP contribution in [0, 0.1) is 3.70 Å². The van der Waals surface area contributed by atoms with Crippen molar-refractivity contribution in [2.24, 2.45) is 4.99 Å². The van der Waals surface area contributed by atoms with Gasteiger partial charge in [-0.3, -0.25) is 24.7 Å². The van der Waals surface area contributed by atoms with Gasteiger partial charge in [-0.1, -0.05) is 0 Å². The maximum atomic E-state index is 12.9. The molecule has 3 amide bonds. The fourth-order valence-corrected chi connectivity index (χ4v) is 6.28. The smallest absolute Gasteiger partial charge is 0.280 e. The Hall–Kier alpha value is -3.54. The predicted molar refractivity (Wildman–Crippen MR) is 160 cm³/mol. The normalized spacial score (nSPS) is 17.7. The van der Waals surface area contributed by atoms with Gasteiger partial charge in [-0.15, -0.1) is 0 Å². The molecule has 3 aliphatic rings. The number of aliphatic imine (C=N–C) groups is 1. The van der Waals surface area contributed by atoms with Crippen molar-refractivity contribution in [3.05, 3.63) is 33.2 Å². The first-order valence-electron chi connectivity index (χ1n) is 13.0. The zero-order valence-corrected chi connectivity index (χ0v) is 25.3. The summed E-state index contributed by atoms with van der Waals surface area (Å²) in [7, 11) is -3.33. The third kappa shape index (κ3) is 6.07. The molecule has 5 rings (SSSR count). The van der Waals surface area contributed by atoms with Gasteiger partial charge in [0.05, 0.1) is 17.0 Å². The Labute approximate surface area is 250 Å². The number of carbonyl (C=O) groups excluding carboxylic acids is 3. The maximum Gasteiger partial charge on any atom is 0.280 e. The highest BCUT2D eigenvalue weighted by atomic mass is 127. The highest BCUT2D eigenvalue weighted by Gasteiger charge is 2.40. The molecule has 0 radical (unpaired) electrons. The molecule has 0 unspecified atom stereocenters. The number of aromatic nitrogens is 2. The standard InChI is InChI=1S/C25H30IN9O5S/c1-41(39,40)15-2-3-16-14(12-15)6-9-35(16)18(37)5-4-17(36)34-10-7-25(8-11-34)13-29-24(33-25)32-23(38)19-21(27)31-22(28)20(26)30-19/h2-3,12H,4-11,13H2,1H3,(H4,27,28,31)(H2,29,32,33,38). The van der Waals surface area contributed by atoms with Gasteiger partial charge in [-0.25, -0.2) is 18.4 Å². The number of sulfone groups is 1. The molecule has 218 valence electrons. The summed E-state index contributed by atoms with van der Waals surface area (Å²) < 4.78 is 24.0. The van der Waals surface area contributed by atoms with E-state index >= 15 is 0 Å². The summed E-state index contributed by atoms with van der Waals surface area (Å²) in [6.07, 6.45) is 3.14. The lowest BCUT2D eigenvalue weighted by Gasteiger charge is -2.39. The number of benzene rings is 1. The number of amides is 3. The molecule has 1 aromatic heterocycles. The fourth-order valence-electron chi connectivity index (χ4n) is 5.25. The van der Waals surface area contributed by atoms with E-state index in [9.17, 15) is 22.8 Å². The van der Waals surface area contributed by atoms with Crippen LogP contribution in [-0.2, 0) is 25.8 Å². The van der Waals surface area contributed by atoms with Crippen LogP contribution < -0.4 is 27.0 Å². The predicted octanol–water partition coefficient (Wildman–Crippen LogP) is 0.0688. The van der Waals surface area contributed by atoms with E-state index in [0.29, 0.717) is 60.8 Å². The number of hydrogen-bond donors (Lipinski definition) is 4. The van der Waals surface area contributed by atoms with Gasteiger partial charge in [0.25, 0.3) is 5.91 Å². The summed E-state index contributed by atoms with van der Waals surface area (Å²) in [6.45, 7) is 1.89. The van der Waals surface area contributed by atoms with Gasteiger partial charge >= 0.3 is 0 Å². The molecule has 6 N–H and O–H groups in total. The Kier molecular flexibility index (Phi) is 7.80. The van der Waals surface area contributed by atoms with Crippen LogP contribution in [0.2, 0.25) is 0 Å². The van der Waals surface area contributed by atoms with E-state index in [2.05, 4.69) is 25.6 Å². The van der Waals surface area contributed by atoms with E-state index in [4.69, 9.17) is 11.5 Å². The Bertz CT molecular complexity index is 1570. The number of carbonyl (C=O) groups is 3. The first-order chi connectivity index (χ1) is 19.3. The molecule has 41 heavy (non-hydrogen) atoms. The summed E-state index contributed by atoms with van der Waals surface area (Å²) in [5.41, 5.74) is 12.6. The zero-order valence-electron chi connectivity index (χ0n) is 22.3. The Balaban J connectivity index is 1.09. The quantitative estimate of drug-likeness (QED) is 0.310. The number of fused-ring (bicyclic) bond motifs is 1. The molecule has 14 nitrogen and oxygen atoms in total. The van der Waals surface area contributed by atoms with Crippen LogP contribution in [0.25, 0.3) is 0 Å². The fraction of sp³-hybridized carbons (Fsp3) is 0.440. The van der Waals surface area contributed by atoms with Crippen molar-refractivity contribution in [3.8, 4) is 0 Å². The van der Waals surface area contributed by atoms with Crippen molar-refractivity contribution in [1.82, 2.24) is 25.5 Å². The van der Waals surface area contributed by atoms with Crippen molar-refractivity contribution >= 4 is 73.4 Å². The van der Waals surface area contributed by atoms with Gasteiger partial charge in [0.15, 0.2) is 33.1 Å². The number of nitrogens with two attached hydrogens (primary N) is 2. The summed E-state index contributed by atoms with van der Waals surface area (Å²) in [5, 5.41) is 5.97. The molecule has 1 aromatic carbocycles. The van der Waals surface area contributed by atoms with Crippen molar-refractivity contribution < 1.29 is 22.8 Å². The van der Waals surface area contributed by atoms with Gasteiger partial charge < -0.3 is 26.6 Å². The monoisotopic (exact) mass is 695 g/mol. The molecule has 0 saturated carbocycles. The Morgan fingerprint density at radius 3 is 2.49 bits per heavy atom. The van der Waals surface area contributed by atoms with E-state index in [1.807, 2.05) is 22.6 Å². The highest BCUT2D eigenvalue weighted by molar-refractivity contribution is 14.1. The summed E-state index contributed by atoms with van der Waals surface area (Å²) in [5.74, 6) is -0.432. The van der Waals surface area contributed by atoms with E-state index in [1.54, 1.807) is 21.9 Å². The van der Waals surface area contributed by atoms with Crippen LogP contribution in [0.4, 0.5) is 17.3 Å². The van der Waals surface area contributed by atoms with Crippen molar-refractivity contribution in [1.29, 1.82) is 0 Å². The maximum absolute atomic E-state index is 12.9. The average molecular weight is 696 g/mol. The number of hydrogen-bond acceptors (Lipinski definition) is 11. The lowest BCUT2D eigenvalue weighted by Crippen LogP contribution is -2.57. The minimum atomic E-state index is -3.33. The van der Waals surface area contributed by atoms with E-state index in [1.165, 1.54) is 6.07 Å². The molecular formula is C25H30IN9O5S. The topological polar surface area (TPSA) is 206 Å². The molecule has 0 aliphatic carbocycles. The molecule has 0 bridgehead atoms. The first kappa shape index (κ1) is 29.0. The third-order valence-corrected chi connectivity index (χ3v) is 9.48. The van der Waals surface area contributed by atoms with Gasteiger partial charge in [-0.05, 0) is 65.6 Å². The lowest BCUT2D eigenvalue weighted by atomic mass is 9.88. The lowest BCUT2D eigenvalue weighted by molar-refractivity contribution is -0.134. The van der Waals surface area contributed by atoms with Crippen LogP contribution in [0.3, 0.4) is 0 Å². The van der Waals surface area contributed by atoms with E-state index < -0.39 is 15.7 Å². The van der Waals surface area contributed by atoms with Crippen LogP contribution in [0.1, 0.15) is 41.7 Å². The summed E-state index contributed by atoms with van der Waals surface area (Å²) in [6, 6.07) is 4.79. The number of halogens is 1. The molecule has 4 heterocycles. The van der Waals surface area contributed by atoms with Crippen LogP contribution >= 0.6 is 22.6 Å². The Morgan fingerprint density at radius 2 is 1.78 bits per heavy atom. The molecule has 1 spiro atoms. The molecule has 2 aromatic rings. The van der Waals surface area contributed by atoms with Crippen LogP contribution in [-0.4, -0.2) is 84.9 Å². The number of nitrogens with one attached hydrogen (secondary N) is 2. The van der Waals surface area contributed by atoms with Crippen molar-refractivity contribution in [2.45, 2.75) is 42.5 Å². The number of rotatable bonds is 5. The number of nitrogen functional groups attached to an aromatic ring is 2. The van der Waals surface area contributed by atoms with Crippen molar-refractivity contribution in [2.75, 3.05) is 48.8 Å². The molecule has 3 aliphatic heterocycles. The number of guanidine groups is 1. The summed E-state index contributed by atoms with van der Waals surface area (Å²) >= 11 is 1.87. The van der Waals surface area contributed by atoms with Gasteiger partial charge in [0.1, 0.15) is 3.70 Å². The van der Waals surface area contributed by atoms with Gasteiger partial charge in [0, 0.05) is 44.4 Å². The second kappa shape index (κ2) is 11.0. The Morgan fingerprint density at radius 1 is 1.07 bits per heavy atom. The van der Waals surface area contributed by atoms with Crippen LogP contribution in [0.5, 0.6) is 0 Å². The molecule has 0 atom stereocenters. The average Bonchev–Trinajstić information content (AvgIpc) is 3.52. The van der Waals surface area contributed by atoms with Crippen LogP contribution in [0.15, 0.2) is 28.1 Å². The van der Waals surface area contributed by atoms with Crippen molar-refractivity contribution in [3.63, 3.8) is 0 Å². The third-order valence-electron chi connectivity index (χ3n) is 7.58. The number of anilines is 3. The molecule has 16 heteroatoms. The molecule has 1 fully saturated rings. The second-order valence-electron chi connectivity index (χ2n) is 10.4. The first-order valence-corrected chi connectivity index (χ1v) is 16.0. The SMILES string of the molecule is CS(=O)(=O)c1ccc2c(c1)CCN2C(=O)CCC(=O)N1CCC2(CC1)CN=C(NC(=O)c1nc(I)c(N)nc1N)N2. The van der Waals surface area contributed by atoms with Gasteiger partial charge in [-0.2, -0.15) is 0 Å². The summed E-state index contributed by atoms with van der Waals surface area (Å²) in [4.78, 5) is 54.6. The van der Waals surface area contributed by atoms with Gasteiger partial charge in [0.2, 0.25) is 11.8 Å². The molecular weight excluding hydrogens is 665 g/mol. The zero-order chi connectivity index (χ0) is 29.5. The number of nitrogens with zero attached hydrogens (tertiary/aromatic N) is 5. The minimum Gasteiger partial charge on any atom is -0.382 e. The van der Waals surface area contributed by atoms with E-state index in [0.717, 1.165) is 11.8 Å². The number of piperidine rings is 1. The number of likely N-dealkylation sites (tertiary alicyclic amines) is 1. The largest absolute Gasteiger partial charge is 0.382 e. The minimum absolute atomic E-state index is 0.0416.